The van der Waals surface area contributed by atoms with Gasteiger partial charge in [0.2, 0.25) is 0 Å². The second-order valence-corrected chi connectivity index (χ2v) is 11.7. The van der Waals surface area contributed by atoms with Crippen LogP contribution >= 0.6 is 39.0 Å². The van der Waals surface area contributed by atoms with Crippen molar-refractivity contribution in [1.29, 1.82) is 0 Å². The topological polar surface area (TPSA) is 24.8 Å². The van der Waals surface area contributed by atoms with Crippen molar-refractivity contribution < 1.29 is 25.7 Å². The first-order valence-electron chi connectivity index (χ1n) is 7.82. The third kappa shape index (κ3) is 3.40. The number of amides is 1. The van der Waals surface area contributed by atoms with Gasteiger partial charge in [-0.15, -0.1) is 0 Å². The minimum Gasteiger partial charge on any atom is -1.00 e. The molecular formula is C17H18Br2N2OS2Se. The predicted molar refractivity (Wildman–Crippen MR) is 107 cm³/mol. The normalized spacial score (nSPS) is 25.2. The minimum absolute atomic E-state index is 0. The van der Waals surface area contributed by atoms with Gasteiger partial charge in [-0.1, -0.05) is 0 Å². The molecule has 2 aliphatic heterocycles. The van der Waals surface area contributed by atoms with Gasteiger partial charge in [-0.2, -0.15) is 0 Å². The van der Waals surface area contributed by atoms with Gasteiger partial charge >= 0.3 is 166 Å². The Morgan fingerprint density at radius 3 is 2.72 bits per heavy atom. The fourth-order valence-electron chi connectivity index (χ4n) is 3.11. The number of hydrogen-bond acceptors (Lipinski definition) is 3. The van der Waals surface area contributed by atoms with Crippen LogP contribution in [0, 0.1) is 13.8 Å². The third-order valence-electron chi connectivity index (χ3n) is 4.44. The molecule has 4 rings (SSSR count). The first kappa shape index (κ1) is 19.9. The van der Waals surface area contributed by atoms with E-state index in [4.69, 9.17) is 0 Å². The third-order valence-corrected chi connectivity index (χ3v) is 12.7. The van der Waals surface area contributed by atoms with Crippen molar-refractivity contribution in [1.82, 2.24) is 0 Å². The summed E-state index contributed by atoms with van der Waals surface area (Å²) in [5.74, 6) is 1.29. The number of benzene rings is 1. The number of carbonyl (C=O) groups excluding carboxylic acids is 1. The number of nitrogens with one attached hydrogen (secondary N) is 1. The maximum absolute atomic E-state index is 13.4. The first-order valence-corrected chi connectivity index (χ1v) is 12.6. The SMILES string of the molecule is Cc1sc2c(c1C)C(=O)N(c1ccccc1)C1SCC(CBr)[Se][NH+]21.[Br-]. The van der Waals surface area contributed by atoms with Crippen LogP contribution < -0.4 is 25.8 Å². The zero-order valence-corrected chi connectivity index (χ0v) is 20.3. The zero-order chi connectivity index (χ0) is 16.8. The molecule has 1 amide bonds. The molecule has 25 heavy (non-hydrogen) atoms. The van der Waals surface area contributed by atoms with Crippen LogP contribution in [-0.2, 0) is 0 Å². The number of thioether (sulfide) groups is 1. The van der Waals surface area contributed by atoms with Crippen LogP contribution in [0.2, 0.25) is 4.82 Å². The number of carbonyl (C=O) groups is 1. The fourth-order valence-corrected chi connectivity index (χ4v) is 10.7. The van der Waals surface area contributed by atoms with Gasteiger partial charge in [0.25, 0.3) is 0 Å². The quantitative estimate of drug-likeness (QED) is 0.419. The molecule has 3 unspecified atom stereocenters. The van der Waals surface area contributed by atoms with Crippen molar-refractivity contribution >= 4 is 70.8 Å². The number of para-hydroxylation sites is 1. The number of anilines is 1. The van der Waals surface area contributed by atoms with Gasteiger partial charge in [-0.05, 0) is 0 Å². The summed E-state index contributed by atoms with van der Waals surface area (Å²) < 4.78 is 1.50. The summed E-state index contributed by atoms with van der Waals surface area (Å²) in [6.07, 6.45) is 0. The molecular weight excluding hydrogens is 551 g/mol. The van der Waals surface area contributed by atoms with Crippen molar-refractivity contribution in [3.8, 4) is 0 Å². The summed E-state index contributed by atoms with van der Waals surface area (Å²) in [4.78, 5) is 17.4. The monoisotopic (exact) mass is 568 g/mol. The average molecular weight is 569 g/mol. The summed E-state index contributed by atoms with van der Waals surface area (Å²) in [6, 6.07) is 10.2. The minimum atomic E-state index is 0. The molecule has 0 spiro atoms. The van der Waals surface area contributed by atoms with Crippen molar-refractivity contribution in [2.45, 2.75) is 24.2 Å². The van der Waals surface area contributed by atoms with E-state index >= 15 is 0 Å². The molecule has 0 radical (unpaired) electrons. The van der Waals surface area contributed by atoms with Gasteiger partial charge in [0.05, 0.1) is 0 Å². The number of alkyl halides is 1. The fraction of sp³-hybridized carbons (Fsp3) is 0.353. The Morgan fingerprint density at radius 1 is 1.32 bits per heavy atom. The van der Waals surface area contributed by atoms with Gasteiger partial charge in [0.15, 0.2) is 0 Å². The molecule has 2 aromatic rings. The molecule has 2 aliphatic rings. The molecule has 1 aromatic carbocycles. The van der Waals surface area contributed by atoms with E-state index in [1.165, 1.54) is 13.8 Å². The molecule has 134 valence electrons. The Hall–Kier alpha value is 0.179. The van der Waals surface area contributed by atoms with E-state index in [9.17, 15) is 4.79 Å². The maximum atomic E-state index is 13.4. The van der Waals surface area contributed by atoms with Crippen molar-refractivity contribution in [3.63, 3.8) is 0 Å². The Labute approximate surface area is 181 Å². The van der Waals surface area contributed by atoms with Crippen LogP contribution in [0.25, 0.3) is 0 Å². The summed E-state index contributed by atoms with van der Waals surface area (Å²) >= 11 is 7.84. The van der Waals surface area contributed by atoms with E-state index in [1.54, 1.807) is 0 Å². The van der Waals surface area contributed by atoms with E-state index in [0.717, 1.165) is 27.9 Å². The Kier molecular flexibility index (Phi) is 6.41. The standard InChI is InChI=1S/C17H17BrN2OS2Se.BrH/c1-10-11(2)23-16-14(10)15(21)19(12-6-4-3-5-7-12)17-20(16)24-13(8-18)9-22-17;/h3-7,13,17H,8-9H2,1-2H3;1H. The zero-order valence-electron chi connectivity index (χ0n) is 13.8. The Morgan fingerprint density at radius 2 is 2.04 bits per heavy atom. The largest absolute Gasteiger partial charge is 1.00 e. The van der Waals surface area contributed by atoms with E-state index in [0.29, 0.717) is 20.0 Å². The number of fused-ring (bicyclic) bond motifs is 3. The molecule has 0 saturated carbocycles. The molecule has 3 heterocycles. The number of nitrogens with zero attached hydrogens (tertiary/aromatic N) is 1. The molecule has 0 aliphatic carbocycles. The van der Waals surface area contributed by atoms with E-state index in [1.807, 2.05) is 46.2 Å². The summed E-state index contributed by atoms with van der Waals surface area (Å²) in [5, 5.41) is 2.32. The molecule has 3 nitrogen and oxygen atoms in total. The number of halogens is 2. The van der Waals surface area contributed by atoms with Gasteiger partial charge in [0.1, 0.15) is 0 Å². The number of thiophene rings is 1. The van der Waals surface area contributed by atoms with Crippen LogP contribution in [-0.4, -0.2) is 37.7 Å². The number of aryl methyl sites for hydroxylation is 1. The van der Waals surface area contributed by atoms with Gasteiger partial charge < -0.3 is 17.0 Å². The molecule has 1 fully saturated rings. The summed E-state index contributed by atoms with van der Waals surface area (Å²) in [7, 11) is 0. The number of quaternary nitrogens is 1. The number of hydrogen-bond donors (Lipinski definition) is 1. The molecule has 8 heteroatoms. The van der Waals surface area contributed by atoms with Crippen molar-refractivity contribution in [2.75, 3.05) is 16.0 Å². The molecule has 0 bridgehead atoms. The van der Waals surface area contributed by atoms with Crippen molar-refractivity contribution in [2.24, 2.45) is 0 Å². The molecule has 1 aromatic heterocycles. The van der Waals surface area contributed by atoms with Crippen molar-refractivity contribution in [3.05, 3.63) is 46.3 Å². The van der Waals surface area contributed by atoms with E-state index in [-0.39, 0.29) is 28.4 Å². The van der Waals surface area contributed by atoms with E-state index < -0.39 is 0 Å². The average Bonchev–Trinajstić information content (AvgIpc) is 2.91. The van der Waals surface area contributed by atoms with Crippen LogP contribution in [0.3, 0.4) is 0 Å². The molecule has 1 N–H and O–H groups in total. The molecule has 3 atom stereocenters. The second-order valence-electron chi connectivity index (χ2n) is 5.94. The maximum Gasteiger partial charge on any atom is -1.00 e. The smallest absolute Gasteiger partial charge is 1.00 e. The van der Waals surface area contributed by atoms with Gasteiger partial charge in [-0.25, -0.2) is 0 Å². The summed E-state index contributed by atoms with van der Waals surface area (Å²) in [5.41, 5.74) is 3.29. The Balaban J connectivity index is 0.00000182. The van der Waals surface area contributed by atoms with Crippen LogP contribution in [0.1, 0.15) is 20.8 Å². The molecule has 1 saturated heterocycles. The summed E-state index contributed by atoms with van der Waals surface area (Å²) in [6.45, 7) is 4.23. The van der Waals surface area contributed by atoms with Crippen LogP contribution in [0.15, 0.2) is 30.3 Å². The van der Waals surface area contributed by atoms with Gasteiger partial charge in [-0.3, -0.25) is 0 Å². The van der Waals surface area contributed by atoms with Gasteiger partial charge in [0, 0.05) is 0 Å². The predicted octanol–water partition coefficient (Wildman–Crippen LogP) is 0.379. The van der Waals surface area contributed by atoms with Crippen LogP contribution in [0.4, 0.5) is 10.7 Å². The number of rotatable bonds is 2. The Bertz CT molecular complexity index is 786. The first-order chi connectivity index (χ1) is 11.6. The second kappa shape index (κ2) is 8.05. The van der Waals surface area contributed by atoms with E-state index in [2.05, 4.69) is 41.9 Å². The van der Waals surface area contributed by atoms with Crippen LogP contribution in [0.5, 0.6) is 0 Å².